The molecule has 0 amide bonds. The van der Waals surface area contributed by atoms with Crippen LogP contribution in [0.15, 0.2) is 18.2 Å². The lowest BCUT2D eigenvalue weighted by atomic mass is 10.0. The first-order valence-electron chi connectivity index (χ1n) is 7.02. The molecule has 0 saturated carbocycles. The van der Waals surface area contributed by atoms with Gasteiger partial charge in [0, 0.05) is 17.8 Å². The highest BCUT2D eigenvalue weighted by Gasteiger charge is 2.16. The van der Waals surface area contributed by atoms with E-state index in [0.29, 0.717) is 11.5 Å². The molecule has 21 heavy (non-hydrogen) atoms. The van der Waals surface area contributed by atoms with Gasteiger partial charge in [-0.3, -0.25) is 0 Å². The number of methoxy groups -OCH3 is 2. The number of aromatic nitrogens is 2. The zero-order valence-corrected chi connectivity index (χ0v) is 12.6. The van der Waals surface area contributed by atoms with Crippen molar-refractivity contribution < 1.29 is 9.47 Å². The van der Waals surface area contributed by atoms with E-state index in [4.69, 9.17) is 14.5 Å². The number of nitrogens with zero attached hydrogens (tertiary/aromatic N) is 2. The van der Waals surface area contributed by atoms with Gasteiger partial charge >= 0.3 is 0 Å². The third-order valence-corrected chi connectivity index (χ3v) is 3.79. The summed E-state index contributed by atoms with van der Waals surface area (Å²) < 4.78 is 10.6. The van der Waals surface area contributed by atoms with E-state index in [-0.39, 0.29) is 0 Å². The smallest absolute Gasteiger partial charge is 0.161 e. The molecule has 0 atom stereocenters. The molecule has 0 aliphatic carbocycles. The summed E-state index contributed by atoms with van der Waals surface area (Å²) in [6, 6.07) is 5.75. The lowest BCUT2D eigenvalue weighted by Crippen LogP contribution is -2.26. The van der Waals surface area contributed by atoms with Crippen molar-refractivity contribution in [2.45, 2.75) is 19.9 Å². The van der Waals surface area contributed by atoms with E-state index in [9.17, 15) is 0 Å². The molecule has 0 spiro atoms. The van der Waals surface area contributed by atoms with Crippen molar-refractivity contribution in [3.05, 3.63) is 35.2 Å². The van der Waals surface area contributed by atoms with Gasteiger partial charge in [0.15, 0.2) is 17.3 Å². The predicted octanol–water partition coefficient (Wildman–Crippen LogP) is 2.11. The van der Waals surface area contributed by atoms with Crippen molar-refractivity contribution in [1.29, 1.82) is 0 Å². The Morgan fingerprint density at radius 2 is 1.90 bits per heavy atom. The summed E-state index contributed by atoms with van der Waals surface area (Å²) in [6.07, 6.45) is 0.993. The molecule has 1 aliphatic rings. The fourth-order valence-corrected chi connectivity index (χ4v) is 2.65. The molecule has 3 rings (SSSR count). The standard InChI is InChI=1S/C16H19N3O2/c1-10-12-6-7-17-9-13(12)19-16(18-10)11-4-5-14(20-2)15(8-11)21-3/h4-5,8,17H,6-7,9H2,1-3H3. The highest BCUT2D eigenvalue weighted by atomic mass is 16.5. The fraction of sp³-hybridized carbons (Fsp3) is 0.375. The lowest BCUT2D eigenvalue weighted by Gasteiger charge is -2.19. The Labute approximate surface area is 124 Å². The third-order valence-electron chi connectivity index (χ3n) is 3.79. The monoisotopic (exact) mass is 285 g/mol. The summed E-state index contributed by atoms with van der Waals surface area (Å²) in [7, 11) is 3.26. The molecule has 0 bridgehead atoms. The molecular formula is C16H19N3O2. The minimum atomic E-state index is 0.687. The zero-order chi connectivity index (χ0) is 14.8. The van der Waals surface area contributed by atoms with Gasteiger partial charge in [-0.1, -0.05) is 0 Å². The van der Waals surface area contributed by atoms with Crippen LogP contribution in [-0.4, -0.2) is 30.7 Å². The van der Waals surface area contributed by atoms with Crippen LogP contribution in [0.2, 0.25) is 0 Å². The Morgan fingerprint density at radius 3 is 2.67 bits per heavy atom. The summed E-state index contributed by atoms with van der Waals surface area (Å²) in [5.41, 5.74) is 4.37. The van der Waals surface area contributed by atoms with Crippen LogP contribution in [0.3, 0.4) is 0 Å². The number of nitrogens with one attached hydrogen (secondary N) is 1. The minimum Gasteiger partial charge on any atom is -0.493 e. The molecule has 1 aliphatic heterocycles. The van der Waals surface area contributed by atoms with Crippen LogP contribution in [-0.2, 0) is 13.0 Å². The lowest BCUT2D eigenvalue weighted by molar-refractivity contribution is 0.355. The van der Waals surface area contributed by atoms with Crippen LogP contribution in [0.1, 0.15) is 17.0 Å². The average molecular weight is 285 g/mol. The summed E-state index contributed by atoms with van der Waals surface area (Å²) >= 11 is 0. The Bertz CT molecular complexity index is 671. The topological polar surface area (TPSA) is 56.3 Å². The number of aryl methyl sites for hydroxylation is 1. The number of rotatable bonds is 3. The summed E-state index contributed by atoms with van der Waals surface area (Å²) in [4.78, 5) is 9.36. The molecule has 0 unspecified atom stereocenters. The van der Waals surface area contributed by atoms with Crippen LogP contribution in [0.25, 0.3) is 11.4 Å². The van der Waals surface area contributed by atoms with Crippen molar-refractivity contribution in [3.63, 3.8) is 0 Å². The fourth-order valence-electron chi connectivity index (χ4n) is 2.65. The SMILES string of the molecule is COc1ccc(-c2nc(C)c3c(n2)CNCC3)cc1OC. The van der Waals surface area contributed by atoms with E-state index < -0.39 is 0 Å². The zero-order valence-electron chi connectivity index (χ0n) is 12.6. The molecule has 110 valence electrons. The molecule has 0 saturated heterocycles. The molecule has 0 fully saturated rings. The quantitative estimate of drug-likeness (QED) is 0.936. The van der Waals surface area contributed by atoms with Crippen molar-refractivity contribution >= 4 is 0 Å². The van der Waals surface area contributed by atoms with Crippen LogP contribution >= 0.6 is 0 Å². The number of hydrogen-bond donors (Lipinski definition) is 1. The molecule has 5 nitrogen and oxygen atoms in total. The molecular weight excluding hydrogens is 266 g/mol. The van der Waals surface area contributed by atoms with E-state index in [0.717, 1.165) is 42.3 Å². The molecule has 1 N–H and O–H groups in total. The maximum absolute atomic E-state index is 5.35. The number of fused-ring (bicyclic) bond motifs is 1. The van der Waals surface area contributed by atoms with Crippen molar-refractivity contribution in [1.82, 2.24) is 15.3 Å². The van der Waals surface area contributed by atoms with Gasteiger partial charge in [-0.25, -0.2) is 9.97 Å². The normalized spacial score (nSPS) is 13.7. The highest BCUT2D eigenvalue weighted by Crippen LogP contribution is 2.31. The Balaban J connectivity index is 2.06. The van der Waals surface area contributed by atoms with Crippen LogP contribution in [0.4, 0.5) is 0 Å². The van der Waals surface area contributed by atoms with E-state index in [1.165, 1.54) is 5.56 Å². The summed E-state index contributed by atoms with van der Waals surface area (Å²) in [6.45, 7) is 3.85. The third kappa shape index (κ3) is 2.56. The second-order valence-corrected chi connectivity index (χ2v) is 5.05. The Morgan fingerprint density at radius 1 is 1.10 bits per heavy atom. The van der Waals surface area contributed by atoms with Gasteiger partial charge in [-0.15, -0.1) is 0 Å². The van der Waals surface area contributed by atoms with Gasteiger partial charge < -0.3 is 14.8 Å². The van der Waals surface area contributed by atoms with Gasteiger partial charge in [-0.05, 0) is 43.7 Å². The van der Waals surface area contributed by atoms with E-state index in [1.54, 1.807) is 14.2 Å². The molecule has 1 aromatic heterocycles. The van der Waals surface area contributed by atoms with Gasteiger partial charge in [0.05, 0.1) is 19.9 Å². The van der Waals surface area contributed by atoms with Crippen molar-refractivity contribution in [2.24, 2.45) is 0 Å². The Kier molecular flexibility index (Phi) is 3.75. The second-order valence-electron chi connectivity index (χ2n) is 5.05. The van der Waals surface area contributed by atoms with Gasteiger partial charge in [0.25, 0.3) is 0 Å². The van der Waals surface area contributed by atoms with E-state index >= 15 is 0 Å². The number of hydrogen-bond acceptors (Lipinski definition) is 5. The summed E-state index contributed by atoms with van der Waals surface area (Å²) in [5.74, 6) is 2.13. The maximum atomic E-state index is 5.35. The largest absolute Gasteiger partial charge is 0.493 e. The highest BCUT2D eigenvalue weighted by molar-refractivity contribution is 5.61. The van der Waals surface area contributed by atoms with Crippen LogP contribution in [0, 0.1) is 6.92 Å². The maximum Gasteiger partial charge on any atom is 0.161 e. The van der Waals surface area contributed by atoms with Gasteiger partial charge in [0.1, 0.15) is 0 Å². The van der Waals surface area contributed by atoms with Gasteiger partial charge in [0.2, 0.25) is 0 Å². The second kappa shape index (κ2) is 5.69. The average Bonchev–Trinajstić information content (AvgIpc) is 2.54. The number of benzene rings is 1. The summed E-state index contributed by atoms with van der Waals surface area (Å²) in [5, 5.41) is 3.35. The molecule has 2 heterocycles. The first-order valence-corrected chi connectivity index (χ1v) is 7.02. The van der Waals surface area contributed by atoms with Crippen LogP contribution < -0.4 is 14.8 Å². The van der Waals surface area contributed by atoms with E-state index in [1.807, 2.05) is 18.2 Å². The number of ether oxygens (including phenoxy) is 2. The molecule has 1 aromatic carbocycles. The molecule has 0 radical (unpaired) electrons. The minimum absolute atomic E-state index is 0.687. The predicted molar refractivity (Wildman–Crippen MR) is 80.7 cm³/mol. The first-order chi connectivity index (χ1) is 10.2. The van der Waals surface area contributed by atoms with Crippen LogP contribution in [0.5, 0.6) is 11.5 Å². The Hall–Kier alpha value is -2.14. The molecule has 2 aromatic rings. The van der Waals surface area contributed by atoms with Gasteiger partial charge in [-0.2, -0.15) is 0 Å². The molecule has 5 heteroatoms. The van der Waals surface area contributed by atoms with Crippen molar-refractivity contribution in [3.8, 4) is 22.9 Å². The van der Waals surface area contributed by atoms with Crippen molar-refractivity contribution in [2.75, 3.05) is 20.8 Å². The van der Waals surface area contributed by atoms with E-state index in [2.05, 4.69) is 17.2 Å². The first kappa shape index (κ1) is 13.8.